The van der Waals surface area contributed by atoms with Gasteiger partial charge in [0, 0.05) is 18.4 Å². The molecular formula is C26H26N4O5S2. The van der Waals surface area contributed by atoms with Crippen LogP contribution in [-0.2, 0) is 14.8 Å². The fraction of sp³-hybridized carbons (Fsp3) is 0.192. The highest BCUT2D eigenvalue weighted by Crippen LogP contribution is 2.26. The summed E-state index contributed by atoms with van der Waals surface area (Å²) >= 11 is 1.31. The van der Waals surface area contributed by atoms with Crippen LogP contribution in [0.2, 0.25) is 0 Å². The van der Waals surface area contributed by atoms with Gasteiger partial charge < -0.3 is 15.3 Å². The SMILES string of the molecule is CC(C)[C@H](NS(=O)(=O)c1ccc(-c2ccc(NC(=O)c3cnc(N4C=CC=CC4)s3)cc2)cc1)C(=O)O. The predicted molar refractivity (Wildman–Crippen MR) is 144 cm³/mol. The zero-order valence-electron chi connectivity index (χ0n) is 20.2. The van der Waals surface area contributed by atoms with Gasteiger partial charge in [-0.3, -0.25) is 9.59 Å². The first-order valence-electron chi connectivity index (χ1n) is 11.5. The number of thiazole rings is 1. The molecule has 1 aliphatic rings. The van der Waals surface area contributed by atoms with Crippen molar-refractivity contribution in [2.24, 2.45) is 5.92 Å². The minimum absolute atomic E-state index is 0.0213. The molecule has 0 radical (unpaired) electrons. The molecular weight excluding hydrogens is 512 g/mol. The molecule has 0 fully saturated rings. The molecule has 1 aromatic heterocycles. The topological polar surface area (TPSA) is 129 Å². The summed E-state index contributed by atoms with van der Waals surface area (Å²) in [6, 6.07) is 12.1. The van der Waals surface area contributed by atoms with Crippen LogP contribution < -0.4 is 14.9 Å². The molecule has 11 heteroatoms. The molecule has 2 aromatic carbocycles. The van der Waals surface area contributed by atoms with Crippen LogP contribution in [-0.4, -0.2) is 43.0 Å². The van der Waals surface area contributed by atoms with Crippen LogP contribution in [0.15, 0.2) is 84.1 Å². The van der Waals surface area contributed by atoms with Gasteiger partial charge in [0.25, 0.3) is 5.91 Å². The second kappa shape index (κ2) is 11.1. The van der Waals surface area contributed by atoms with E-state index in [-0.39, 0.29) is 10.8 Å². The number of aromatic nitrogens is 1. The predicted octanol–water partition coefficient (Wildman–Crippen LogP) is 4.34. The van der Waals surface area contributed by atoms with Crippen LogP contribution in [0, 0.1) is 5.92 Å². The van der Waals surface area contributed by atoms with Crippen molar-refractivity contribution < 1.29 is 23.1 Å². The molecule has 0 saturated carbocycles. The van der Waals surface area contributed by atoms with Crippen molar-refractivity contribution >= 4 is 44.1 Å². The zero-order valence-corrected chi connectivity index (χ0v) is 21.8. The Balaban J connectivity index is 1.41. The Morgan fingerprint density at radius 2 is 1.68 bits per heavy atom. The number of nitrogens with one attached hydrogen (secondary N) is 2. The summed E-state index contributed by atoms with van der Waals surface area (Å²) in [6.45, 7) is 3.98. The van der Waals surface area contributed by atoms with Gasteiger partial charge in [-0.15, -0.1) is 0 Å². The number of carbonyl (C=O) groups is 2. The zero-order chi connectivity index (χ0) is 26.6. The van der Waals surface area contributed by atoms with E-state index in [0.29, 0.717) is 17.1 Å². The van der Waals surface area contributed by atoms with Crippen molar-refractivity contribution in [3.05, 3.63) is 84.0 Å². The standard InChI is InChI=1S/C26H26N4O5S2/c1-17(2)23(25(32)33)29-37(34,35)21-12-8-19(9-13-21)18-6-10-20(11-7-18)28-24(31)22-16-27-26(36-22)30-14-4-3-5-15-30/h3-14,16-17,23,29H,15H2,1-2H3,(H,28,31)(H,32,33)/t23-/m0/s1. The Hall–Kier alpha value is -3.80. The third-order valence-corrected chi connectivity index (χ3v) is 8.12. The van der Waals surface area contributed by atoms with Gasteiger partial charge in [0.05, 0.1) is 11.1 Å². The lowest BCUT2D eigenvalue weighted by Gasteiger charge is -2.18. The van der Waals surface area contributed by atoms with Crippen LogP contribution in [0.25, 0.3) is 11.1 Å². The van der Waals surface area contributed by atoms with Crippen molar-refractivity contribution in [3.63, 3.8) is 0 Å². The number of benzene rings is 2. The van der Waals surface area contributed by atoms with Gasteiger partial charge in [0.2, 0.25) is 10.0 Å². The molecule has 3 aromatic rings. The number of aliphatic carboxylic acids is 1. The first-order valence-corrected chi connectivity index (χ1v) is 13.8. The van der Waals surface area contributed by atoms with Gasteiger partial charge in [0.1, 0.15) is 10.9 Å². The summed E-state index contributed by atoms with van der Waals surface area (Å²) in [5.74, 6) is -1.89. The van der Waals surface area contributed by atoms with Crippen LogP contribution in [0.4, 0.5) is 10.8 Å². The Morgan fingerprint density at radius 3 is 2.24 bits per heavy atom. The monoisotopic (exact) mass is 538 g/mol. The summed E-state index contributed by atoms with van der Waals surface area (Å²) < 4.78 is 27.5. The van der Waals surface area contributed by atoms with Crippen molar-refractivity contribution in [3.8, 4) is 11.1 Å². The van der Waals surface area contributed by atoms with Crippen LogP contribution in [0.3, 0.4) is 0 Å². The molecule has 192 valence electrons. The smallest absolute Gasteiger partial charge is 0.322 e. The minimum atomic E-state index is -3.99. The number of hydrogen-bond acceptors (Lipinski definition) is 7. The number of carboxylic acids is 1. The molecule has 4 rings (SSSR count). The number of carboxylic acid groups (broad SMARTS) is 1. The van der Waals surface area contributed by atoms with Gasteiger partial charge in [-0.25, -0.2) is 13.4 Å². The molecule has 1 aliphatic heterocycles. The second-order valence-electron chi connectivity index (χ2n) is 8.67. The molecule has 37 heavy (non-hydrogen) atoms. The Bertz CT molecular complexity index is 1440. The maximum atomic E-state index is 12.7. The maximum Gasteiger partial charge on any atom is 0.322 e. The van der Waals surface area contributed by atoms with Crippen LogP contribution in [0.1, 0.15) is 23.5 Å². The summed E-state index contributed by atoms with van der Waals surface area (Å²) in [5.41, 5.74) is 2.21. The third-order valence-electron chi connectivity index (χ3n) is 5.63. The summed E-state index contributed by atoms with van der Waals surface area (Å²) in [6.07, 6.45) is 9.35. The number of amides is 1. The average Bonchev–Trinajstić information content (AvgIpc) is 3.39. The normalized spacial score (nSPS) is 14.1. The highest BCUT2D eigenvalue weighted by atomic mass is 32.2. The number of allylic oxidation sites excluding steroid dienone is 2. The molecule has 0 aliphatic carbocycles. The molecule has 3 N–H and O–H groups in total. The lowest BCUT2D eigenvalue weighted by molar-refractivity contribution is -0.140. The molecule has 0 saturated heterocycles. The Labute approximate surface area is 219 Å². The van der Waals surface area contributed by atoms with Crippen molar-refractivity contribution in [2.75, 3.05) is 16.8 Å². The number of hydrogen-bond donors (Lipinski definition) is 3. The van der Waals surface area contributed by atoms with Gasteiger partial charge in [-0.05, 0) is 47.4 Å². The quantitative estimate of drug-likeness (QED) is 0.370. The van der Waals surface area contributed by atoms with E-state index in [1.54, 1.807) is 44.3 Å². The molecule has 0 spiro atoms. The number of nitrogens with zero attached hydrogens (tertiary/aromatic N) is 2. The minimum Gasteiger partial charge on any atom is -0.480 e. The van der Waals surface area contributed by atoms with E-state index in [0.717, 1.165) is 16.3 Å². The summed E-state index contributed by atoms with van der Waals surface area (Å²) in [5, 5.41) is 12.9. The number of sulfonamides is 1. The van der Waals surface area contributed by atoms with Crippen LogP contribution >= 0.6 is 11.3 Å². The van der Waals surface area contributed by atoms with E-state index in [4.69, 9.17) is 0 Å². The maximum absolute atomic E-state index is 12.7. The first kappa shape index (κ1) is 26.3. The third kappa shape index (κ3) is 6.31. The Morgan fingerprint density at radius 1 is 1.03 bits per heavy atom. The van der Waals surface area contributed by atoms with E-state index in [2.05, 4.69) is 15.0 Å². The van der Waals surface area contributed by atoms with E-state index in [1.165, 1.54) is 23.5 Å². The van der Waals surface area contributed by atoms with E-state index < -0.39 is 28.0 Å². The summed E-state index contributed by atoms with van der Waals surface area (Å²) in [4.78, 5) is 30.8. The number of carbonyl (C=O) groups excluding carboxylic acids is 1. The number of anilines is 2. The Kier molecular flexibility index (Phi) is 7.86. The van der Waals surface area contributed by atoms with E-state index in [9.17, 15) is 23.1 Å². The van der Waals surface area contributed by atoms with Crippen molar-refractivity contribution in [2.45, 2.75) is 24.8 Å². The van der Waals surface area contributed by atoms with E-state index >= 15 is 0 Å². The molecule has 1 amide bonds. The molecule has 0 bridgehead atoms. The van der Waals surface area contributed by atoms with Crippen LogP contribution in [0.5, 0.6) is 0 Å². The fourth-order valence-corrected chi connectivity index (χ4v) is 5.73. The highest BCUT2D eigenvalue weighted by molar-refractivity contribution is 7.89. The molecule has 1 atom stereocenters. The van der Waals surface area contributed by atoms with Crippen molar-refractivity contribution in [1.82, 2.24) is 9.71 Å². The molecule has 2 heterocycles. The second-order valence-corrected chi connectivity index (χ2v) is 11.4. The number of rotatable bonds is 9. The lowest BCUT2D eigenvalue weighted by atomic mass is 10.1. The average molecular weight is 539 g/mol. The van der Waals surface area contributed by atoms with E-state index in [1.807, 2.05) is 41.5 Å². The fourth-order valence-electron chi connectivity index (χ4n) is 3.58. The van der Waals surface area contributed by atoms with Gasteiger partial charge in [-0.2, -0.15) is 4.72 Å². The molecule has 9 nitrogen and oxygen atoms in total. The largest absolute Gasteiger partial charge is 0.480 e. The lowest BCUT2D eigenvalue weighted by Crippen LogP contribution is -2.44. The van der Waals surface area contributed by atoms with Gasteiger partial charge >= 0.3 is 5.97 Å². The highest BCUT2D eigenvalue weighted by Gasteiger charge is 2.28. The van der Waals surface area contributed by atoms with Crippen molar-refractivity contribution in [1.29, 1.82) is 0 Å². The van der Waals surface area contributed by atoms with Gasteiger partial charge in [-0.1, -0.05) is 61.6 Å². The first-order chi connectivity index (χ1) is 17.6. The summed E-state index contributed by atoms with van der Waals surface area (Å²) in [7, 11) is -3.99. The molecule has 0 unspecified atom stereocenters. The van der Waals surface area contributed by atoms with Gasteiger partial charge in [0.15, 0.2) is 5.13 Å².